The minimum Gasteiger partial charge on any atom is -0.351 e. The first-order valence-corrected chi connectivity index (χ1v) is 11.1. The van der Waals surface area contributed by atoms with E-state index in [2.05, 4.69) is 36.5 Å². The molecule has 0 saturated carbocycles. The van der Waals surface area contributed by atoms with Crippen LogP contribution >= 0.6 is 11.8 Å². The molecule has 0 atom stereocenters. The Hall–Kier alpha value is -3.38. The van der Waals surface area contributed by atoms with Crippen molar-refractivity contribution in [2.45, 2.75) is 12.7 Å². The van der Waals surface area contributed by atoms with Crippen LogP contribution < -0.4 is 5.32 Å². The molecule has 3 rings (SSSR count). The van der Waals surface area contributed by atoms with Gasteiger partial charge in [-0.25, -0.2) is 0 Å². The first-order valence-electron chi connectivity index (χ1n) is 9.96. The normalized spacial score (nSPS) is 11.2. The van der Waals surface area contributed by atoms with E-state index in [0.717, 1.165) is 22.6 Å². The molecule has 0 aromatic heterocycles. The third kappa shape index (κ3) is 6.83. The second kappa shape index (κ2) is 11.1. The van der Waals surface area contributed by atoms with Crippen molar-refractivity contribution >= 4 is 35.0 Å². The lowest BCUT2D eigenvalue weighted by atomic mass is 10.0. The number of rotatable bonds is 9. The summed E-state index contributed by atoms with van der Waals surface area (Å²) in [7, 11) is 0. The number of aryl methyl sites for hydroxylation is 1. The summed E-state index contributed by atoms with van der Waals surface area (Å²) in [5.74, 6) is 1.54. The molecule has 0 spiro atoms. The maximum Gasteiger partial charge on any atom is 0.269 e. The number of carbonyl (C=O) groups is 1. The molecule has 1 amide bonds. The van der Waals surface area contributed by atoms with E-state index in [1.54, 1.807) is 30.0 Å². The van der Waals surface area contributed by atoms with E-state index >= 15 is 0 Å². The molecule has 0 bridgehead atoms. The first-order chi connectivity index (χ1) is 15.0. The Morgan fingerprint density at radius 3 is 2.32 bits per heavy atom. The SMILES string of the molecule is Cc1ccc(CSCCNC(=O)/C(=C/c2ccc([N+](=O)[O-])cc2)c2ccccc2)cc1. The first kappa shape index (κ1) is 22.3. The molecule has 5 nitrogen and oxygen atoms in total. The highest BCUT2D eigenvalue weighted by Crippen LogP contribution is 2.21. The standard InChI is InChI=1S/C25H24N2O3S/c1-19-7-9-21(10-8-19)18-31-16-15-26-25(28)24(22-5-3-2-4-6-22)17-20-11-13-23(14-12-20)27(29)30/h2-14,17H,15-16,18H2,1H3,(H,26,28)/b24-17+. The Morgan fingerprint density at radius 1 is 1.00 bits per heavy atom. The molecule has 0 aliphatic rings. The average molecular weight is 433 g/mol. The number of thioether (sulfide) groups is 1. The summed E-state index contributed by atoms with van der Waals surface area (Å²) in [6.45, 7) is 2.63. The summed E-state index contributed by atoms with van der Waals surface area (Å²) in [6.07, 6.45) is 1.76. The van der Waals surface area contributed by atoms with Crippen molar-refractivity contribution in [3.05, 3.63) is 111 Å². The molecule has 3 aromatic rings. The number of non-ortho nitro benzene ring substituents is 1. The molecule has 158 valence electrons. The van der Waals surface area contributed by atoms with Gasteiger partial charge in [-0.05, 0) is 41.8 Å². The maximum atomic E-state index is 12.9. The van der Waals surface area contributed by atoms with Crippen molar-refractivity contribution in [1.82, 2.24) is 5.32 Å². The molecule has 6 heteroatoms. The number of carbonyl (C=O) groups excluding carboxylic acids is 1. The van der Waals surface area contributed by atoms with Gasteiger partial charge in [-0.3, -0.25) is 14.9 Å². The fourth-order valence-electron chi connectivity index (χ4n) is 2.96. The van der Waals surface area contributed by atoms with Gasteiger partial charge in [0.1, 0.15) is 0 Å². The number of benzene rings is 3. The van der Waals surface area contributed by atoms with Crippen LogP contribution in [-0.4, -0.2) is 23.1 Å². The van der Waals surface area contributed by atoms with Gasteiger partial charge in [0.25, 0.3) is 11.6 Å². The van der Waals surface area contributed by atoms with Crippen molar-refractivity contribution in [2.24, 2.45) is 0 Å². The number of hydrogen-bond donors (Lipinski definition) is 1. The maximum absolute atomic E-state index is 12.9. The quantitative estimate of drug-likeness (QED) is 0.159. The van der Waals surface area contributed by atoms with Gasteiger partial charge in [0.15, 0.2) is 0 Å². The lowest BCUT2D eigenvalue weighted by molar-refractivity contribution is -0.384. The van der Waals surface area contributed by atoms with Crippen LogP contribution in [0.15, 0.2) is 78.9 Å². The van der Waals surface area contributed by atoms with E-state index in [9.17, 15) is 14.9 Å². The van der Waals surface area contributed by atoms with Crippen LogP contribution in [0.4, 0.5) is 5.69 Å². The zero-order chi connectivity index (χ0) is 22.1. The molecule has 1 N–H and O–H groups in total. The van der Waals surface area contributed by atoms with Crippen molar-refractivity contribution < 1.29 is 9.72 Å². The van der Waals surface area contributed by atoms with Crippen LogP contribution in [0.3, 0.4) is 0 Å². The number of nitro groups is 1. The molecule has 0 radical (unpaired) electrons. The predicted octanol–water partition coefficient (Wildman–Crippen LogP) is 5.49. The predicted molar refractivity (Wildman–Crippen MR) is 128 cm³/mol. The highest BCUT2D eigenvalue weighted by atomic mass is 32.2. The van der Waals surface area contributed by atoms with Gasteiger partial charge >= 0.3 is 0 Å². The van der Waals surface area contributed by atoms with Crippen LogP contribution in [0.5, 0.6) is 0 Å². The summed E-state index contributed by atoms with van der Waals surface area (Å²) < 4.78 is 0. The minimum atomic E-state index is -0.438. The number of hydrogen-bond acceptors (Lipinski definition) is 4. The zero-order valence-corrected chi connectivity index (χ0v) is 18.1. The van der Waals surface area contributed by atoms with Crippen LogP contribution in [-0.2, 0) is 10.5 Å². The second-order valence-electron chi connectivity index (χ2n) is 7.07. The largest absolute Gasteiger partial charge is 0.351 e. The van der Waals surface area contributed by atoms with Crippen LogP contribution in [0.2, 0.25) is 0 Å². The monoisotopic (exact) mass is 432 g/mol. The van der Waals surface area contributed by atoms with E-state index in [-0.39, 0.29) is 11.6 Å². The van der Waals surface area contributed by atoms with E-state index < -0.39 is 4.92 Å². The number of nitrogens with one attached hydrogen (secondary N) is 1. The van der Waals surface area contributed by atoms with Gasteiger partial charge in [-0.15, -0.1) is 0 Å². The Kier molecular flexibility index (Phi) is 8.01. The van der Waals surface area contributed by atoms with Crippen molar-refractivity contribution in [1.29, 1.82) is 0 Å². The highest BCUT2D eigenvalue weighted by molar-refractivity contribution is 7.98. The molecule has 0 heterocycles. The number of nitrogens with zero attached hydrogens (tertiary/aromatic N) is 1. The Bertz CT molecular complexity index is 1050. The number of nitro benzene ring substituents is 1. The molecule has 0 unspecified atom stereocenters. The average Bonchev–Trinajstić information content (AvgIpc) is 2.79. The fourth-order valence-corrected chi connectivity index (χ4v) is 3.78. The van der Waals surface area contributed by atoms with Gasteiger partial charge < -0.3 is 5.32 Å². The Balaban J connectivity index is 1.63. The molecule has 0 aliphatic carbocycles. The smallest absolute Gasteiger partial charge is 0.269 e. The van der Waals surface area contributed by atoms with Gasteiger partial charge in [0.05, 0.1) is 4.92 Å². The van der Waals surface area contributed by atoms with Crippen LogP contribution in [0.25, 0.3) is 11.6 Å². The van der Waals surface area contributed by atoms with Crippen molar-refractivity contribution in [3.63, 3.8) is 0 Å². The zero-order valence-electron chi connectivity index (χ0n) is 17.3. The third-order valence-electron chi connectivity index (χ3n) is 4.67. The summed E-state index contributed by atoms with van der Waals surface area (Å²) >= 11 is 1.77. The van der Waals surface area contributed by atoms with Crippen LogP contribution in [0.1, 0.15) is 22.3 Å². The summed E-state index contributed by atoms with van der Waals surface area (Å²) in [5.41, 5.74) is 4.59. The molecule has 3 aromatic carbocycles. The van der Waals surface area contributed by atoms with Gasteiger partial charge in [0, 0.05) is 35.8 Å². The highest BCUT2D eigenvalue weighted by Gasteiger charge is 2.12. The topological polar surface area (TPSA) is 72.2 Å². The second-order valence-corrected chi connectivity index (χ2v) is 8.17. The Morgan fingerprint density at radius 2 is 1.68 bits per heavy atom. The van der Waals surface area contributed by atoms with Gasteiger partial charge in [0.2, 0.25) is 0 Å². The molecular formula is C25H24N2O3S. The third-order valence-corrected chi connectivity index (χ3v) is 5.70. The van der Waals surface area contributed by atoms with Gasteiger partial charge in [-0.2, -0.15) is 11.8 Å². The number of amides is 1. The summed E-state index contributed by atoms with van der Waals surface area (Å²) in [6, 6.07) is 24.0. The molecule has 31 heavy (non-hydrogen) atoms. The van der Waals surface area contributed by atoms with E-state index in [4.69, 9.17) is 0 Å². The van der Waals surface area contributed by atoms with E-state index in [1.165, 1.54) is 23.3 Å². The van der Waals surface area contributed by atoms with Crippen LogP contribution in [0, 0.1) is 17.0 Å². The van der Waals surface area contributed by atoms with Crippen molar-refractivity contribution in [2.75, 3.05) is 12.3 Å². The minimum absolute atomic E-state index is 0.0217. The van der Waals surface area contributed by atoms with E-state index in [0.29, 0.717) is 12.1 Å². The van der Waals surface area contributed by atoms with E-state index in [1.807, 2.05) is 30.3 Å². The molecule has 0 fully saturated rings. The molecule has 0 saturated heterocycles. The van der Waals surface area contributed by atoms with Crippen molar-refractivity contribution in [3.8, 4) is 0 Å². The Labute approximate surface area is 186 Å². The molecular weight excluding hydrogens is 408 g/mol. The summed E-state index contributed by atoms with van der Waals surface area (Å²) in [5, 5.41) is 13.9. The lowest BCUT2D eigenvalue weighted by Crippen LogP contribution is -2.26. The lowest BCUT2D eigenvalue weighted by Gasteiger charge is -2.10. The summed E-state index contributed by atoms with van der Waals surface area (Å²) in [4.78, 5) is 23.3. The van der Waals surface area contributed by atoms with Gasteiger partial charge in [-0.1, -0.05) is 60.2 Å². The fraction of sp³-hybridized carbons (Fsp3) is 0.160. The molecule has 0 aliphatic heterocycles.